The lowest BCUT2D eigenvalue weighted by Gasteiger charge is -2.24. The summed E-state index contributed by atoms with van der Waals surface area (Å²) < 4.78 is 0. The number of nitrogens with zero attached hydrogens (tertiary/aromatic N) is 3. The number of nitrogens with one attached hydrogen (secondary N) is 1. The van der Waals surface area contributed by atoms with Crippen molar-refractivity contribution in [2.45, 2.75) is 19.1 Å². The summed E-state index contributed by atoms with van der Waals surface area (Å²) in [7, 11) is 0. The average Bonchev–Trinajstić information content (AvgIpc) is 2.83. The Hall–Kier alpha value is -1.40. The van der Waals surface area contributed by atoms with Crippen LogP contribution in [0.25, 0.3) is 0 Å². The van der Waals surface area contributed by atoms with Crippen molar-refractivity contribution in [2.24, 2.45) is 4.99 Å². The topological polar surface area (TPSA) is 40.5 Å². The Labute approximate surface area is 129 Å². The molecule has 0 aliphatic carbocycles. The fourth-order valence-corrected chi connectivity index (χ4v) is 3.02. The summed E-state index contributed by atoms with van der Waals surface area (Å²) in [6.07, 6.45) is 3.57. The number of hydrogen-bond acceptors (Lipinski definition) is 4. The molecule has 1 aromatic rings. The largest absolute Gasteiger partial charge is 0.358 e. The van der Waals surface area contributed by atoms with Crippen molar-refractivity contribution in [3.05, 3.63) is 36.5 Å². The smallest absolute Gasteiger partial charge is 0.181 e. The number of aliphatic imine (C=N–C) groups is 1. The monoisotopic (exact) mass is 306 g/mol. The van der Waals surface area contributed by atoms with Crippen molar-refractivity contribution in [3.63, 3.8) is 0 Å². The van der Waals surface area contributed by atoms with Crippen LogP contribution >= 0.6 is 24.0 Å². The minimum absolute atomic E-state index is 0.472. The van der Waals surface area contributed by atoms with Crippen LogP contribution in [0.1, 0.15) is 12.5 Å². The number of thioether (sulfide) groups is 1. The van der Waals surface area contributed by atoms with Crippen molar-refractivity contribution in [1.82, 2.24) is 10.3 Å². The van der Waals surface area contributed by atoms with Gasteiger partial charge < -0.3 is 5.32 Å². The highest BCUT2D eigenvalue weighted by molar-refractivity contribution is 8.15. The molecule has 1 aromatic heterocycles. The molecule has 2 rings (SSSR count). The van der Waals surface area contributed by atoms with Crippen LogP contribution in [-0.2, 0) is 0 Å². The van der Waals surface area contributed by atoms with Crippen molar-refractivity contribution in [2.75, 3.05) is 18.0 Å². The second kappa shape index (κ2) is 6.85. The molecule has 1 aliphatic heterocycles. The summed E-state index contributed by atoms with van der Waals surface area (Å²) in [5, 5.41) is 5.12. The first-order valence-corrected chi connectivity index (χ1v) is 7.73. The maximum atomic E-state index is 5.47. The number of aromatic nitrogens is 1. The predicted molar refractivity (Wildman–Crippen MR) is 91.6 cm³/mol. The number of aryl methyl sites for hydroxylation is 1. The third kappa shape index (κ3) is 3.58. The number of thiocarbonyl (C=S) groups is 1. The number of pyridine rings is 1. The third-order valence-electron chi connectivity index (χ3n) is 2.71. The molecule has 0 amide bonds. The number of anilines is 1. The van der Waals surface area contributed by atoms with E-state index < -0.39 is 0 Å². The maximum absolute atomic E-state index is 5.47. The Morgan fingerprint density at radius 3 is 3.10 bits per heavy atom. The van der Waals surface area contributed by atoms with Gasteiger partial charge in [-0.25, -0.2) is 9.88 Å². The molecule has 0 radical (unpaired) electrons. The molecule has 0 fully saturated rings. The summed E-state index contributed by atoms with van der Waals surface area (Å²) in [5.41, 5.74) is 1.14. The molecule has 0 aromatic carbocycles. The SMILES string of the molecule is C=CCNC(=S)N(C1=NC[C@H](C)S1)c1cc(C)ccn1. The lowest BCUT2D eigenvalue weighted by molar-refractivity contribution is 0.972. The molecule has 2 heterocycles. The van der Waals surface area contributed by atoms with E-state index in [9.17, 15) is 0 Å². The first-order valence-electron chi connectivity index (χ1n) is 6.44. The summed E-state index contributed by atoms with van der Waals surface area (Å²) >= 11 is 7.19. The molecule has 6 heteroatoms. The van der Waals surface area contributed by atoms with Gasteiger partial charge in [0.2, 0.25) is 0 Å². The van der Waals surface area contributed by atoms with Crippen LogP contribution < -0.4 is 10.2 Å². The predicted octanol–water partition coefficient (Wildman–Crippen LogP) is 2.75. The fourth-order valence-electron chi connectivity index (χ4n) is 1.75. The Morgan fingerprint density at radius 1 is 1.70 bits per heavy atom. The Kier molecular flexibility index (Phi) is 5.14. The molecule has 0 bridgehead atoms. The van der Waals surface area contributed by atoms with Crippen LogP contribution in [0, 0.1) is 6.92 Å². The molecule has 1 N–H and O–H groups in total. The molecule has 0 saturated heterocycles. The van der Waals surface area contributed by atoms with E-state index >= 15 is 0 Å². The van der Waals surface area contributed by atoms with Crippen LogP contribution in [0.4, 0.5) is 5.82 Å². The van der Waals surface area contributed by atoms with E-state index in [4.69, 9.17) is 12.2 Å². The van der Waals surface area contributed by atoms with Gasteiger partial charge in [-0.2, -0.15) is 0 Å². The van der Waals surface area contributed by atoms with Gasteiger partial charge in [-0.3, -0.25) is 4.99 Å². The highest BCUT2D eigenvalue weighted by Gasteiger charge is 2.25. The van der Waals surface area contributed by atoms with Gasteiger partial charge in [-0.15, -0.1) is 6.58 Å². The van der Waals surface area contributed by atoms with E-state index in [0.29, 0.717) is 16.9 Å². The quantitative estimate of drug-likeness (QED) is 0.687. The van der Waals surface area contributed by atoms with E-state index in [2.05, 4.69) is 28.8 Å². The van der Waals surface area contributed by atoms with E-state index in [1.165, 1.54) is 0 Å². The Balaban J connectivity index is 2.29. The zero-order valence-corrected chi connectivity index (χ0v) is 13.3. The van der Waals surface area contributed by atoms with Gasteiger partial charge in [0.1, 0.15) is 5.82 Å². The molecule has 0 unspecified atom stereocenters. The van der Waals surface area contributed by atoms with Gasteiger partial charge in [-0.1, -0.05) is 24.8 Å². The number of hydrogen-bond donors (Lipinski definition) is 1. The van der Waals surface area contributed by atoms with E-state index in [0.717, 1.165) is 23.1 Å². The number of amidine groups is 1. The Morgan fingerprint density at radius 2 is 2.50 bits per heavy atom. The highest BCUT2D eigenvalue weighted by Crippen LogP contribution is 2.26. The van der Waals surface area contributed by atoms with Crippen molar-refractivity contribution in [1.29, 1.82) is 0 Å². The van der Waals surface area contributed by atoms with Crippen molar-refractivity contribution >= 4 is 40.1 Å². The molecule has 0 saturated carbocycles. The first kappa shape index (κ1) is 15.0. The molecule has 1 atom stereocenters. The zero-order valence-electron chi connectivity index (χ0n) is 11.7. The first-order chi connectivity index (χ1) is 9.61. The minimum Gasteiger partial charge on any atom is -0.358 e. The zero-order chi connectivity index (χ0) is 14.5. The molecule has 20 heavy (non-hydrogen) atoms. The van der Waals surface area contributed by atoms with Gasteiger partial charge in [0.05, 0.1) is 6.54 Å². The second-order valence-corrected chi connectivity index (χ2v) is 6.35. The van der Waals surface area contributed by atoms with Crippen molar-refractivity contribution < 1.29 is 0 Å². The fraction of sp³-hybridized carbons (Fsp3) is 0.357. The summed E-state index contributed by atoms with van der Waals surface area (Å²) in [4.78, 5) is 10.9. The molecule has 4 nitrogen and oxygen atoms in total. The van der Waals surface area contributed by atoms with Crippen LogP contribution in [0.5, 0.6) is 0 Å². The average molecular weight is 306 g/mol. The van der Waals surface area contributed by atoms with Crippen LogP contribution in [0.15, 0.2) is 36.0 Å². The third-order valence-corrected chi connectivity index (χ3v) is 4.11. The minimum atomic E-state index is 0.472. The summed E-state index contributed by atoms with van der Waals surface area (Å²) in [6, 6.07) is 3.97. The van der Waals surface area contributed by atoms with Crippen LogP contribution in [0.3, 0.4) is 0 Å². The normalized spacial score (nSPS) is 17.5. The standard InChI is InChI=1S/C14H18N4S2/c1-4-6-16-13(19)18(14-17-9-11(3)20-14)12-8-10(2)5-7-15-12/h4-5,7-8,11H,1,6,9H2,2-3H3,(H,16,19)/t11-/m0/s1. The van der Waals surface area contributed by atoms with Crippen molar-refractivity contribution in [3.8, 4) is 0 Å². The van der Waals surface area contributed by atoms with Gasteiger partial charge in [0, 0.05) is 18.0 Å². The van der Waals surface area contributed by atoms with E-state index in [1.54, 1.807) is 24.0 Å². The van der Waals surface area contributed by atoms with E-state index in [-0.39, 0.29) is 0 Å². The van der Waals surface area contributed by atoms with E-state index in [1.807, 2.05) is 24.0 Å². The highest BCUT2D eigenvalue weighted by atomic mass is 32.2. The summed E-state index contributed by atoms with van der Waals surface area (Å²) in [5.74, 6) is 0.798. The van der Waals surface area contributed by atoms with Gasteiger partial charge >= 0.3 is 0 Å². The van der Waals surface area contributed by atoms with Gasteiger partial charge in [0.25, 0.3) is 0 Å². The van der Waals surface area contributed by atoms with Crippen LogP contribution in [0.2, 0.25) is 0 Å². The van der Waals surface area contributed by atoms with Gasteiger partial charge in [-0.05, 0) is 36.8 Å². The number of rotatable bonds is 3. The van der Waals surface area contributed by atoms with Gasteiger partial charge in [0.15, 0.2) is 10.3 Å². The second-order valence-electron chi connectivity index (χ2n) is 4.55. The molecule has 1 aliphatic rings. The molecule has 106 valence electrons. The summed E-state index contributed by atoms with van der Waals surface area (Å²) in [6.45, 7) is 9.32. The lowest BCUT2D eigenvalue weighted by Crippen LogP contribution is -2.43. The lowest BCUT2D eigenvalue weighted by atomic mass is 10.3. The Bertz CT molecular complexity index is 542. The molecule has 0 spiro atoms. The maximum Gasteiger partial charge on any atom is 0.181 e. The molecular weight excluding hydrogens is 288 g/mol. The molecular formula is C14H18N4S2. The van der Waals surface area contributed by atoms with Crippen LogP contribution in [-0.4, -0.2) is 33.6 Å².